The van der Waals surface area contributed by atoms with Crippen LogP contribution in [0.25, 0.3) is 11.1 Å². The van der Waals surface area contributed by atoms with E-state index in [1.807, 2.05) is 48.4 Å². The SMILES string of the molecule is C=C1/C=C(c2ccccc2)\C(NC2=CC3c4ccccc4SC3C=C2)=C/Oc2ccccc21. The van der Waals surface area contributed by atoms with Gasteiger partial charge in [0.1, 0.15) is 12.0 Å². The molecule has 3 aromatic carbocycles. The first kappa shape index (κ1) is 20.0. The summed E-state index contributed by atoms with van der Waals surface area (Å²) in [6.45, 7) is 4.34. The molecule has 1 N–H and O–H groups in total. The summed E-state index contributed by atoms with van der Waals surface area (Å²) in [6, 6.07) is 27.1. The molecule has 160 valence electrons. The highest BCUT2D eigenvalue weighted by Gasteiger charge is 2.32. The van der Waals surface area contributed by atoms with E-state index in [-0.39, 0.29) is 0 Å². The van der Waals surface area contributed by atoms with Gasteiger partial charge in [-0.3, -0.25) is 0 Å². The van der Waals surface area contributed by atoms with E-state index in [1.54, 1.807) is 0 Å². The second-order valence-corrected chi connectivity index (χ2v) is 9.57. The Morgan fingerprint density at radius 1 is 0.879 bits per heavy atom. The van der Waals surface area contributed by atoms with Gasteiger partial charge in [-0.1, -0.05) is 85.5 Å². The van der Waals surface area contributed by atoms with Gasteiger partial charge in [0, 0.05) is 32.9 Å². The number of allylic oxidation sites excluding steroid dienone is 5. The van der Waals surface area contributed by atoms with E-state index in [4.69, 9.17) is 4.74 Å². The van der Waals surface area contributed by atoms with E-state index in [0.717, 1.165) is 39.4 Å². The normalized spacial score (nSPS) is 23.9. The first-order valence-electron chi connectivity index (χ1n) is 11.1. The molecule has 2 unspecified atom stereocenters. The number of thioether (sulfide) groups is 1. The maximum absolute atomic E-state index is 6.17. The summed E-state index contributed by atoms with van der Waals surface area (Å²) >= 11 is 1.94. The fraction of sp³-hybridized carbons (Fsp3) is 0.0667. The van der Waals surface area contributed by atoms with Crippen LogP contribution in [-0.4, -0.2) is 5.25 Å². The van der Waals surface area contributed by atoms with Crippen LogP contribution in [0.5, 0.6) is 5.75 Å². The summed E-state index contributed by atoms with van der Waals surface area (Å²) in [5, 5.41) is 4.11. The summed E-state index contributed by atoms with van der Waals surface area (Å²) in [7, 11) is 0. The maximum atomic E-state index is 6.17. The highest BCUT2D eigenvalue weighted by atomic mass is 32.2. The van der Waals surface area contributed by atoms with Crippen molar-refractivity contribution in [2.45, 2.75) is 16.1 Å². The molecule has 6 rings (SSSR count). The number of benzene rings is 3. The van der Waals surface area contributed by atoms with E-state index in [0.29, 0.717) is 11.2 Å². The van der Waals surface area contributed by atoms with Crippen molar-refractivity contribution in [1.29, 1.82) is 0 Å². The maximum Gasteiger partial charge on any atom is 0.134 e. The molecule has 1 aliphatic carbocycles. The van der Waals surface area contributed by atoms with Crippen molar-refractivity contribution in [2.24, 2.45) is 0 Å². The number of hydrogen-bond acceptors (Lipinski definition) is 3. The van der Waals surface area contributed by atoms with Gasteiger partial charge in [-0.15, -0.1) is 11.8 Å². The first-order chi connectivity index (χ1) is 16.3. The molecule has 33 heavy (non-hydrogen) atoms. The molecule has 0 saturated carbocycles. The van der Waals surface area contributed by atoms with E-state index >= 15 is 0 Å². The van der Waals surface area contributed by atoms with Gasteiger partial charge in [0.25, 0.3) is 0 Å². The Labute approximate surface area is 198 Å². The van der Waals surface area contributed by atoms with Gasteiger partial charge in [-0.05, 0) is 41.0 Å². The van der Waals surface area contributed by atoms with Crippen molar-refractivity contribution in [2.75, 3.05) is 0 Å². The van der Waals surface area contributed by atoms with Crippen LogP contribution in [-0.2, 0) is 0 Å². The molecule has 3 heteroatoms. The van der Waals surface area contributed by atoms with Crippen LogP contribution in [0.15, 0.2) is 132 Å². The highest BCUT2D eigenvalue weighted by molar-refractivity contribution is 8.00. The minimum Gasteiger partial charge on any atom is -0.462 e. The van der Waals surface area contributed by atoms with E-state index < -0.39 is 0 Å². The largest absolute Gasteiger partial charge is 0.462 e. The molecular weight excluding hydrogens is 422 g/mol. The van der Waals surface area contributed by atoms with E-state index in [2.05, 4.69) is 84.7 Å². The molecule has 3 aromatic rings. The molecule has 0 spiro atoms. The van der Waals surface area contributed by atoms with Gasteiger partial charge in [0.05, 0.1) is 5.70 Å². The average Bonchev–Trinajstić information content (AvgIpc) is 3.23. The zero-order valence-corrected chi connectivity index (χ0v) is 18.9. The van der Waals surface area contributed by atoms with Gasteiger partial charge in [0.15, 0.2) is 0 Å². The van der Waals surface area contributed by atoms with Crippen LogP contribution in [0.3, 0.4) is 0 Å². The van der Waals surface area contributed by atoms with Crippen LogP contribution in [0.4, 0.5) is 0 Å². The lowest BCUT2D eigenvalue weighted by Gasteiger charge is -2.23. The van der Waals surface area contributed by atoms with Crippen LogP contribution >= 0.6 is 11.8 Å². The van der Waals surface area contributed by atoms with Crippen molar-refractivity contribution in [3.63, 3.8) is 0 Å². The third kappa shape index (κ3) is 3.75. The molecule has 0 radical (unpaired) electrons. The van der Waals surface area contributed by atoms with Crippen molar-refractivity contribution in [3.8, 4) is 5.75 Å². The molecule has 2 heterocycles. The van der Waals surface area contributed by atoms with Crippen molar-refractivity contribution < 1.29 is 4.74 Å². The Morgan fingerprint density at radius 3 is 2.58 bits per heavy atom. The molecule has 0 amide bonds. The number of para-hydroxylation sites is 1. The molecule has 0 bridgehead atoms. The Hall–Kier alpha value is -3.69. The molecule has 2 atom stereocenters. The summed E-state index contributed by atoms with van der Waals surface area (Å²) < 4.78 is 6.17. The van der Waals surface area contributed by atoms with E-state index in [1.165, 1.54) is 10.5 Å². The van der Waals surface area contributed by atoms with Gasteiger partial charge in [-0.2, -0.15) is 0 Å². The molecule has 2 aliphatic heterocycles. The zero-order chi connectivity index (χ0) is 22.2. The average molecular weight is 446 g/mol. The zero-order valence-electron chi connectivity index (χ0n) is 18.1. The smallest absolute Gasteiger partial charge is 0.134 e. The molecule has 0 fully saturated rings. The number of nitrogens with one attached hydrogen (secondary N) is 1. The lowest BCUT2D eigenvalue weighted by atomic mass is 9.91. The Kier molecular flexibility index (Phi) is 5.04. The van der Waals surface area contributed by atoms with Crippen LogP contribution in [0.2, 0.25) is 0 Å². The number of hydrogen-bond donors (Lipinski definition) is 1. The molecule has 2 nitrogen and oxygen atoms in total. The van der Waals surface area contributed by atoms with Gasteiger partial charge in [-0.25, -0.2) is 0 Å². The number of rotatable bonds is 3. The number of ether oxygens (including phenoxy) is 1. The molecule has 0 saturated heterocycles. The van der Waals surface area contributed by atoms with Gasteiger partial charge < -0.3 is 10.1 Å². The second kappa shape index (κ2) is 8.34. The quantitative estimate of drug-likeness (QED) is 0.456. The summed E-state index contributed by atoms with van der Waals surface area (Å²) in [4.78, 5) is 1.38. The standard InChI is InChI=1S/C30H23NOS/c1-20-17-25(21-9-3-2-4-10-21)27(19-32-28-13-7-5-11-23(20)28)31-22-15-16-30-26(18-22)24-12-6-8-14-29(24)33-30/h2-19,26,30-31H,1H2/b25-17-,27-19+. The summed E-state index contributed by atoms with van der Waals surface area (Å²) in [6.07, 6.45) is 10.8. The van der Waals surface area contributed by atoms with Gasteiger partial charge in [0.2, 0.25) is 0 Å². The van der Waals surface area contributed by atoms with E-state index in [9.17, 15) is 0 Å². The third-order valence-electron chi connectivity index (χ3n) is 6.23. The third-order valence-corrected chi connectivity index (χ3v) is 7.58. The molecule has 3 aliphatic rings. The molecular formula is C30H23NOS. The summed E-state index contributed by atoms with van der Waals surface area (Å²) in [5.74, 6) is 1.17. The van der Waals surface area contributed by atoms with Crippen LogP contribution in [0.1, 0.15) is 22.6 Å². The first-order valence-corrected chi connectivity index (χ1v) is 12.0. The van der Waals surface area contributed by atoms with Crippen LogP contribution < -0.4 is 10.1 Å². The van der Waals surface area contributed by atoms with Gasteiger partial charge >= 0.3 is 0 Å². The second-order valence-electron chi connectivity index (χ2n) is 8.35. The predicted octanol–water partition coefficient (Wildman–Crippen LogP) is 7.32. The topological polar surface area (TPSA) is 21.3 Å². The monoisotopic (exact) mass is 445 g/mol. The number of fused-ring (bicyclic) bond motifs is 4. The van der Waals surface area contributed by atoms with Crippen molar-refractivity contribution in [1.82, 2.24) is 5.32 Å². The summed E-state index contributed by atoms with van der Waals surface area (Å²) in [5.41, 5.74) is 7.47. The van der Waals surface area contributed by atoms with Crippen LogP contribution in [0, 0.1) is 0 Å². The van der Waals surface area contributed by atoms with Crippen molar-refractivity contribution >= 4 is 22.9 Å². The Balaban J connectivity index is 1.39. The predicted molar refractivity (Wildman–Crippen MR) is 138 cm³/mol. The molecule has 0 aromatic heterocycles. The Morgan fingerprint density at radius 2 is 1.67 bits per heavy atom. The highest BCUT2D eigenvalue weighted by Crippen LogP contribution is 2.48. The Bertz CT molecular complexity index is 1360. The lowest BCUT2D eigenvalue weighted by molar-refractivity contribution is 0.472. The minimum atomic E-state index is 0.369. The fourth-order valence-electron chi connectivity index (χ4n) is 4.59. The lowest BCUT2D eigenvalue weighted by Crippen LogP contribution is -2.19. The minimum absolute atomic E-state index is 0.369. The fourth-order valence-corrected chi connectivity index (χ4v) is 5.91. The van der Waals surface area contributed by atoms with Crippen molar-refractivity contribution in [3.05, 3.63) is 144 Å².